The summed E-state index contributed by atoms with van der Waals surface area (Å²) < 4.78 is 2.11. The van der Waals surface area contributed by atoms with E-state index in [4.69, 9.17) is 5.73 Å². The second-order valence-electron chi connectivity index (χ2n) is 3.64. The highest BCUT2D eigenvalue weighted by Crippen LogP contribution is 2.22. The van der Waals surface area contributed by atoms with Crippen LogP contribution in [0.1, 0.15) is 11.5 Å². The molecule has 0 saturated heterocycles. The van der Waals surface area contributed by atoms with Crippen molar-refractivity contribution < 1.29 is 0 Å². The van der Waals surface area contributed by atoms with Gasteiger partial charge in [0.15, 0.2) is 0 Å². The standard InChI is InChI=1S/C11H16N4/c1-8-11(9-4-3-7-13-9)15(2)10(14-8)5-6-12/h3-4,7,13H,5-6,12H2,1-2H3. The summed E-state index contributed by atoms with van der Waals surface area (Å²) in [6, 6.07) is 4.04. The van der Waals surface area contributed by atoms with Gasteiger partial charge in [-0.25, -0.2) is 4.98 Å². The zero-order valence-electron chi connectivity index (χ0n) is 9.12. The lowest BCUT2D eigenvalue weighted by molar-refractivity contribution is 0.781. The lowest BCUT2D eigenvalue weighted by atomic mass is 10.2. The first-order valence-electron chi connectivity index (χ1n) is 5.10. The Labute approximate surface area is 89.1 Å². The molecule has 2 aromatic heterocycles. The van der Waals surface area contributed by atoms with E-state index in [1.54, 1.807) is 0 Å². The maximum absolute atomic E-state index is 5.55. The quantitative estimate of drug-likeness (QED) is 0.789. The summed E-state index contributed by atoms with van der Waals surface area (Å²) in [5, 5.41) is 0. The zero-order chi connectivity index (χ0) is 10.8. The van der Waals surface area contributed by atoms with Gasteiger partial charge >= 0.3 is 0 Å². The van der Waals surface area contributed by atoms with E-state index in [0.717, 1.165) is 29.3 Å². The Kier molecular flexibility index (Phi) is 2.60. The SMILES string of the molecule is Cc1nc(CCN)n(C)c1-c1ccc[nH]1. The number of rotatable bonds is 3. The Bertz CT molecular complexity index is 439. The molecule has 4 heteroatoms. The largest absolute Gasteiger partial charge is 0.360 e. The van der Waals surface area contributed by atoms with Crippen LogP contribution in [0.5, 0.6) is 0 Å². The van der Waals surface area contributed by atoms with Crippen LogP contribution in [-0.4, -0.2) is 21.1 Å². The minimum atomic E-state index is 0.633. The molecule has 0 fully saturated rings. The molecule has 3 N–H and O–H groups in total. The number of nitrogens with one attached hydrogen (secondary N) is 1. The van der Waals surface area contributed by atoms with Crippen molar-refractivity contribution in [3.05, 3.63) is 29.8 Å². The number of nitrogens with zero attached hydrogens (tertiary/aromatic N) is 2. The molecule has 4 nitrogen and oxygen atoms in total. The number of H-pyrrole nitrogens is 1. The van der Waals surface area contributed by atoms with Gasteiger partial charge in [-0.05, 0) is 25.6 Å². The number of hydrogen-bond donors (Lipinski definition) is 2. The number of aromatic amines is 1. The van der Waals surface area contributed by atoms with E-state index in [-0.39, 0.29) is 0 Å². The molecule has 15 heavy (non-hydrogen) atoms. The van der Waals surface area contributed by atoms with Crippen molar-refractivity contribution in [3.8, 4) is 11.4 Å². The molecule has 0 aliphatic rings. The fourth-order valence-corrected chi connectivity index (χ4v) is 1.90. The van der Waals surface area contributed by atoms with Crippen LogP contribution in [-0.2, 0) is 13.5 Å². The van der Waals surface area contributed by atoms with Gasteiger partial charge in [-0.1, -0.05) is 0 Å². The summed E-state index contributed by atoms with van der Waals surface area (Å²) in [6.07, 6.45) is 2.74. The molecular weight excluding hydrogens is 188 g/mol. The second-order valence-corrected chi connectivity index (χ2v) is 3.64. The second kappa shape index (κ2) is 3.90. The van der Waals surface area contributed by atoms with Crippen LogP contribution in [0.2, 0.25) is 0 Å². The van der Waals surface area contributed by atoms with Gasteiger partial charge in [-0.2, -0.15) is 0 Å². The number of hydrogen-bond acceptors (Lipinski definition) is 2. The van der Waals surface area contributed by atoms with Gasteiger partial charge in [0.05, 0.1) is 17.1 Å². The first-order valence-corrected chi connectivity index (χ1v) is 5.10. The molecule has 0 saturated carbocycles. The van der Waals surface area contributed by atoms with E-state index in [2.05, 4.69) is 20.6 Å². The number of aromatic nitrogens is 3. The van der Waals surface area contributed by atoms with E-state index in [9.17, 15) is 0 Å². The maximum atomic E-state index is 5.55. The fourth-order valence-electron chi connectivity index (χ4n) is 1.90. The molecule has 80 valence electrons. The van der Waals surface area contributed by atoms with E-state index in [1.807, 2.05) is 26.2 Å². The predicted molar refractivity (Wildman–Crippen MR) is 60.5 cm³/mol. The van der Waals surface area contributed by atoms with Gasteiger partial charge in [0.1, 0.15) is 5.82 Å². The van der Waals surface area contributed by atoms with E-state index < -0.39 is 0 Å². The Balaban J connectivity index is 2.48. The lowest BCUT2D eigenvalue weighted by Crippen LogP contribution is -2.08. The molecule has 0 amide bonds. The smallest absolute Gasteiger partial charge is 0.110 e. The molecule has 0 spiro atoms. The molecule has 0 unspecified atom stereocenters. The van der Waals surface area contributed by atoms with E-state index in [0.29, 0.717) is 6.54 Å². The topological polar surface area (TPSA) is 59.6 Å². The summed E-state index contributed by atoms with van der Waals surface area (Å²) in [4.78, 5) is 7.72. The summed E-state index contributed by atoms with van der Waals surface area (Å²) in [7, 11) is 2.03. The van der Waals surface area contributed by atoms with Gasteiger partial charge < -0.3 is 15.3 Å². The van der Waals surface area contributed by atoms with Crippen LogP contribution in [0, 0.1) is 6.92 Å². The van der Waals surface area contributed by atoms with Crippen molar-refractivity contribution in [2.75, 3.05) is 6.54 Å². The lowest BCUT2D eigenvalue weighted by Gasteiger charge is -2.03. The maximum Gasteiger partial charge on any atom is 0.110 e. The van der Waals surface area contributed by atoms with Crippen LogP contribution in [0.3, 0.4) is 0 Å². The van der Waals surface area contributed by atoms with Gasteiger partial charge in [0.25, 0.3) is 0 Å². The minimum absolute atomic E-state index is 0.633. The Morgan fingerprint density at radius 3 is 2.93 bits per heavy atom. The summed E-state index contributed by atoms with van der Waals surface area (Å²) in [5.41, 5.74) is 8.84. The van der Waals surface area contributed by atoms with Gasteiger partial charge in [0, 0.05) is 19.7 Å². The Hall–Kier alpha value is -1.55. The van der Waals surface area contributed by atoms with Gasteiger partial charge in [-0.3, -0.25) is 0 Å². The first kappa shape index (κ1) is 9.98. The molecule has 2 rings (SSSR count). The monoisotopic (exact) mass is 204 g/mol. The molecule has 2 heterocycles. The van der Waals surface area contributed by atoms with Crippen molar-refractivity contribution in [2.45, 2.75) is 13.3 Å². The van der Waals surface area contributed by atoms with Crippen LogP contribution in [0.25, 0.3) is 11.4 Å². The Morgan fingerprint density at radius 1 is 1.53 bits per heavy atom. The summed E-state index contributed by atoms with van der Waals surface area (Å²) in [6.45, 7) is 2.66. The normalized spacial score (nSPS) is 10.9. The third kappa shape index (κ3) is 1.68. The highest BCUT2D eigenvalue weighted by molar-refractivity contribution is 5.58. The Morgan fingerprint density at radius 2 is 2.33 bits per heavy atom. The van der Waals surface area contributed by atoms with Crippen molar-refractivity contribution >= 4 is 0 Å². The number of aryl methyl sites for hydroxylation is 1. The number of imidazole rings is 1. The third-order valence-electron chi connectivity index (χ3n) is 2.58. The van der Waals surface area contributed by atoms with Gasteiger partial charge in [0.2, 0.25) is 0 Å². The summed E-state index contributed by atoms with van der Waals surface area (Å²) >= 11 is 0. The molecule has 0 atom stereocenters. The van der Waals surface area contributed by atoms with Crippen LogP contribution in [0.4, 0.5) is 0 Å². The average molecular weight is 204 g/mol. The highest BCUT2D eigenvalue weighted by atomic mass is 15.1. The predicted octanol–water partition coefficient (Wildman–Crippen LogP) is 1.22. The van der Waals surface area contributed by atoms with Crippen molar-refractivity contribution in [1.82, 2.24) is 14.5 Å². The first-order chi connectivity index (χ1) is 7.24. The molecular formula is C11H16N4. The number of nitrogens with two attached hydrogens (primary N) is 1. The molecule has 0 aromatic carbocycles. The van der Waals surface area contributed by atoms with Crippen LogP contribution >= 0.6 is 0 Å². The zero-order valence-corrected chi connectivity index (χ0v) is 9.12. The van der Waals surface area contributed by atoms with Gasteiger partial charge in [-0.15, -0.1) is 0 Å². The fraction of sp³-hybridized carbons (Fsp3) is 0.364. The van der Waals surface area contributed by atoms with Crippen molar-refractivity contribution in [1.29, 1.82) is 0 Å². The molecule has 2 aromatic rings. The third-order valence-corrected chi connectivity index (χ3v) is 2.58. The molecule has 0 aliphatic carbocycles. The average Bonchev–Trinajstić information content (AvgIpc) is 2.77. The van der Waals surface area contributed by atoms with E-state index >= 15 is 0 Å². The minimum Gasteiger partial charge on any atom is -0.360 e. The van der Waals surface area contributed by atoms with Crippen molar-refractivity contribution in [2.24, 2.45) is 12.8 Å². The van der Waals surface area contributed by atoms with Crippen LogP contribution in [0.15, 0.2) is 18.3 Å². The molecule has 0 radical (unpaired) electrons. The van der Waals surface area contributed by atoms with Crippen molar-refractivity contribution in [3.63, 3.8) is 0 Å². The van der Waals surface area contributed by atoms with Crippen LogP contribution < -0.4 is 5.73 Å². The summed E-state index contributed by atoms with van der Waals surface area (Å²) in [5.74, 6) is 1.04. The van der Waals surface area contributed by atoms with E-state index in [1.165, 1.54) is 0 Å². The molecule has 0 bridgehead atoms. The highest BCUT2D eigenvalue weighted by Gasteiger charge is 2.12. The molecule has 0 aliphatic heterocycles.